The van der Waals surface area contributed by atoms with Gasteiger partial charge in [0.25, 0.3) is 5.69 Å². The second-order valence-electron chi connectivity index (χ2n) is 5.33. The number of hydrogen-bond donors (Lipinski definition) is 0. The van der Waals surface area contributed by atoms with E-state index in [1.54, 1.807) is 26.2 Å². The van der Waals surface area contributed by atoms with Crippen molar-refractivity contribution in [2.24, 2.45) is 0 Å². The highest BCUT2D eigenvalue weighted by atomic mass is 35.5. The molecule has 2 unspecified atom stereocenters. The van der Waals surface area contributed by atoms with E-state index < -0.39 is 4.92 Å². The third-order valence-electron chi connectivity index (χ3n) is 3.87. The normalized spacial score (nSPS) is 20.9. The molecule has 1 aliphatic rings. The molecule has 122 valence electrons. The van der Waals surface area contributed by atoms with Gasteiger partial charge in [0.1, 0.15) is 11.7 Å². The molecule has 1 aliphatic heterocycles. The van der Waals surface area contributed by atoms with Crippen molar-refractivity contribution >= 4 is 23.0 Å². The minimum absolute atomic E-state index is 0.0597. The predicted molar refractivity (Wildman–Crippen MR) is 82.6 cm³/mol. The fourth-order valence-corrected chi connectivity index (χ4v) is 2.97. The molecule has 2 atom stereocenters. The van der Waals surface area contributed by atoms with E-state index in [0.29, 0.717) is 35.4 Å². The number of methoxy groups -OCH3 is 1. The Morgan fingerprint density at radius 1 is 1.52 bits per heavy atom. The Kier molecular flexibility index (Phi) is 4.18. The maximum absolute atomic E-state index is 11.4. The van der Waals surface area contributed by atoms with Crippen LogP contribution in [-0.2, 0) is 4.74 Å². The molecule has 0 bridgehead atoms. The number of nitro groups is 1. The number of nitrogens with zero attached hydrogens (tertiary/aromatic N) is 4. The minimum atomic E-state index is -0.447. The molecule has 1 aromatic carbocycles. The van der Waals surface area contributed by atoms with Crippen LogP contribution in [-0.4, -0.2) is 34.8 Å². The van der Waals surface area contributed by atoms with E-state index in [-0.39, 0.29) is 17.8 Å². The molecular weight excluding hydrogens is 324 g/mol. The standard InChI is InChI=1S/C14H15ClN4O4/c1-8-16-14(23-17-8)13-6-10(22-2)7-18(13)11-4-3-9(15)5-12(11)19(20)21/h3-5,10,13H,6-7H2,1-2H3. The fourth-order valence-electron chi connectivity index (χ4n) is 2.80. The number of aromatic nitrogens is 2. The SMILES string of the molecule is COC1CC(c2nc(C)no2)N(c2ccc(Cl)cc2[N+](=O)[O-])C1. The summed E-state index contributed by atoms with van der Waals surface area (Å²) in [6, 6.07) is 4.32. The number of anilines is 1. The summed E-state index contributed by atoms with van der Waals surface area (Å²) >= 11 is 5.89. The quantitative estimate of drug-likeness (QED) is 0.624. The Balaban J connectivity index is 2.03. The monoisotopic (exact) mass is 338 g/mol. The van der Waals surface area contributed by atoms with Crippen LogP contribution >= 0.6 is 11.6 Å². The predicted octanol–water partition coefficient (Wildman–Crippen LogP) is 2.91. The molecule has 1 fully saturated rings. The van der Waals surface area contributed by atoms with Gasteiger partial charge in [0.15, 0.2) is 5.82 Å². The lowest BCUT2D eigenvalue weighted by molar-refractivity contribution is -0.384. The molecule has 23 heavy (non-hydrogen) atoms. The number of hydrogen-bond acceptors (Lipinski definition) is 7. The molecular formula is C14H15ClN4O4. The molecule has 0 radical (unpaired) electrons. The van der Waals surface area contributed by atoms with Gasteiger partial charge in [-0.15, -0.1) is 0 Å². The van der Waals surface area contributed by atoms with Crippen molar-refractivity contribution in [2.45, 2.75) is 25.5 Å². The van der Waals surface area contributed by atoms with Gasteiger partial charge in [-0.3, -0.25) is 10.1 Å². The fraction of sp³-hybridized carbons (Fsp3) is 0.429. The highest BCUT2D eigenvalue weighted by molar-refractivity contribution is 6.30. The summed E-state index contributed by atoms with van der Waals surface area (Å²) in [5, 5.41) is 15.5. The number of halogens is 1. The summed E-state index contributed by atoms with van der Waals surface area (Å²) in [5.41, 5.74) is 0.398. The molecule has 0 amide bonds. The van der Waals surface area contributed by atoms with E-state index in [4.69, 9.17) is 20.9 Å². The molecule has 1 aromatic heterocycles. The van der Waals surface area contributed by atoms with Gasteiger partial charge in [0, 0.05) is 31.2 Å². The van der Waals surface area contributed by atoms with Gasteiger partial charge in [-0.25, -0.2) is 0 Å². The lowest BCUT2D eigenvalue weighted by Crippen LogP contribution is -2.25. The van der Waals surface area contributed by atoms with Crippen LogP contribution < -0.4 is 4.90 Å². The number of aryl methyl sites for hydroxylation is 1. The number of nitro benzene ring substituents is 1. The zero-order valence-corrected chi connectivity index (χ0v) is 13.4. The van der Waals surface area contributed by atoms with Gasteiger partial charge in [0.2, 0.25) is 5.89 Å². The Bertz CT molecular complexity index is 735. The summed E-state index contributed by atoms with van der Waals surface area (Å²) in [4.78, 5) is 17.0. The maximum Gasteiger partial charge on any atom is 0.294 e. The van der Waals surface area contributed by atoms with Crippen LogP contribution in [0.5, 0.6) is 0 Å². The number of ether oxygens (including phenoxy) is 1. The first-order valence-electron chi connectivity index (χ1n) is 7.03. The van der Waals surface area contributed by atoms with Gasteiger partial charge in [-0.2, -0.15) is 4.98 Å². The molecule has 1 saturated heterocycles. The first-order chi connectivity index (χ1) is 11.0. The van der Waals surface area contributed by atoms with E-state index >= 15 is 0 Å². The topological polar surface area (TPSA) is 94.5 Å². The van der Waals surface area contributed by atoms with E-state index in [1.807, 2.05) is 4.90 Å². The molecule has 2 heterocycles. The second-order valence-corrected chi connectivity index (χ2v) is 5.77. The summed E-state index contributed by atoms with van der Waals surface area (Å²) in [6.45, 7) is 2.22. The maximum atomic E-state index is 11.4. The van der Waals surface area contributed by atoms with Crippen molar-refractivity contribution in [3.8, 4) is 0 Å². The van der Waals surface area contributed by atoms with Crippen LogP contribution in [0.15, 0.2) is 22.7 Å². The molecule has 0 aliphatic carbocycles. The van der Waals surface area contributed by atoms with Crippen LogP contribution in [0.3, 0.4) is 0 Å². The Hall–Kier alpha value is -2.19. The van der Waals surface area contributed by atoms with Crippen LogP contribution in [0.2, 0.25) is 5.02 Å². The van der Waals surface area contributed by atoms with Gasteiger partial charge >= 0.3 is 0 Å². The van der Waals surface area contributed by atoms with Gasteiger partial charge in [-0.1, -0.05) is 16.8 Å². The summed E-state index contributed by atoms with van der Waals surface area (Å²) in [5.74, 6) is 0.942. The van der Waals surface area contributed by atoms with E-state index in [0.717, 1.165) is 0 Å². The third-order valence-corrected chi connectivity index (χ3v) is 4.10. The second kappa shape index (κ2) is 6.13. The van der Waals surface area contributed by atoms with Crippen molar-refractivity contribution in [1.29, 1.82) is 0 Å². The van der Waals surface area contributed by atoms with Crippen LogP contribution in [0.1, 0.15) is 24.2 Å². The Morgan fingerprint density at radius 2 is 2.30 bits per heavy atom. The lowest BCUT2D eigenvalue weighted by atomic mass is 10.1. The van der Waals surface area contributed by atoms with Crippen molar-refractivity contribution in [1.82, 2.24) is 10.1 Å². The first-order valence-corrected chi connectivity index (χ1v) is 7.41. The molecule has 3 rings (SSSR count). The third kappa shape index (κ3) is 2.99. The molecule has 0 spiro atoms. The van der Waals surface area contributed by atoms with Crippen molar-refractivity contribution in [3.63, 3.8) is 0 Å². The van der Waals surface area contributed by atoms with Gasteiger partial charge in [-0.05, 0) is 19.1 Å². The molecule has 9 heteroatoms. The largest absolute Gasteiger partial charge is 0.380 e. The molecule has 2 aromatic rings. The summed E-state index contributed by atoms with van der Waals surface area (Å²) < 4.78 is 10.7. The molecule has 8 nitrogen and oxygen atoms in total. The zero-order chi connectivity index (χ0) is 16.6. The summed E-state index contributed by atoms with van der Waals surface area (Å²) in [7, 11) is 1.61. The number of rotatable bonds is 4. The number of benzene rings is 1. The lowest BCUT2D eigenvalue weighted by Gasteiger charge is -2.23. The zero-order valence-electron chi connectivity index (χ0n) is 12.6. The smallest absolute Gasteiger partial charge is 0.294 e. The van der Waals surface area contributed by atoms with Crippen LogP contribution in [0.25, 0.3) is 0 Å². The van der Waals surface area contributed by atoms with Crippen LogP contribution in [0.4, 0.5) is 11.4 Å². The minimum Gasteiger partial charge on any atom is -0.380 e. The van der Waals surface area contributed by atoms with Gasteiger partial charge < -0.3 is 14.2 Å². The molecule has 0 N–H and O–H groups in total. The van der Waals surface area contributed by atoms with E-state index in [2.05, 4.69) is 10.1 Å². The highest BCUT2D eigenvalue weighted by Crippen LogP contribution is 2.41. The van der Waals surface area contributed by atoms with E-state index in [9.17, 15) is 10.1 Å². The van der Waals surface area contributed by atoms with Crippen LogP contribution in [0, 0.1) is 17.0 Å². The van der Waals surface area contributed by atoms with Crippen molar-refractivity contribution < 1.29 is 14.2 Å². The summed E-state index contributed by atoms with van der Waals surface area (Å²) in [6.07, 6.45) is 0.528. The first kappa shape index (κ1) is 15.7. The van der Waals surface area contributed by atoms with Gasteiger partial charge in [0.05, 0.1) is 11.0 Å². The Labute approximate surface area is 137 Å². The van der Waals surface area contributed by atoms with E-state index in [1.165, 1.54) is 6.07 Å². The van der Waals surface area contributed by atoms with Crippen molar-refractivity contribution in [2.75, 3.05) is 18.6 Å². The average molecular weight is 339 g/mol. The highest BCUT2D eigenvalue weighted by Gasteiger charge is 2.39. The average Bonchev–Trinajstić information content (AvgIpc) is 3.13. The Morgan fingerprint density at radius 3 is 2.91 bits per heavy atom. The van der Waals surface area contributed by atoms with Crippen molar-refractivity contribution in [3.05, 3.63) is 45.1 Å². The molecule has 0 saturated carbocycles.